The van der Waals surface area contributed by atoms with Crippen molar-refractivity contribution in [2.75, 3.05) is 0 Å². The number of nitrogens with zero attached hydrogens (tertiary/aromatic N) is 1. The molecule has 1 unspecified atom stereocenters. The van der Waals surface area contributed by atoms with Crippen molar-refractivity contribution in [2.45, 2.75) is 52.0 Å². The van der Waals surface area contributed by atoms with Gasteiger partial charge in [-0.2, -0.15) is 0 Å². The van der Waals surface area contributed by atoms with Crippen molar-refractivity contribution in [3.8, 4) is 0 Å². The maximum Gasteiger partial charge on any atom is 0.137 e. The van der Waals surface area contributed by atoms with E-state index in [0.717, 1.165) is 30.2 Å². The van der Waals surface area contributed by atoms with Crippen LogP contribution in [-0.2, 0) is 6.42 Å². The normalized spacial score (nSPS) is 18.1. The number of aromatic nitrogens is 1. The van der Waals surface area contributed by atoms with Crippen LogP contribution in [0.1, 0.15) is 42.7 Å². The standard InChI is InChI=1S/C12H20N2O/c1-8-12(9(2)15-14-8)6-5-11(13)7-10-3-4-10/h10-11H,3-7,13H2,1-2H3. The van der Waals surface area contributed by atoms with Crippen molar-refractivity contribution in [3.05, 3.63) is 17.0 Å². The van der Waals surface area contributed by atoms with E-state index in [2.05, 4.69) is 5.16 Å². The van der Waals surface area contributed by atoms with Crippen LogP contribution in [0.5, 0.6) is 0 Å². The number of aryl methyl sites for hydroxylation is 2. The van der Waals surface area contributed by atoms with Crippen LogP contribution in [0.4, 0.5) is 0 Å². The summed E-state index contributed by atoms with van der Waals surface area (Å²) in [5, 5.41) is 3.95. The third-order valence-electron chi connectivity index (χ3n) is 3.28. The molecule has 1 saturated carbocycles. The van der Waals surface area contributed by atoms with Gasteiger partial charge in [0.25, 0.3) is 0 Å². The average molecular weight is 208 g/mol. The predicted octanol–water partition coefficient (Wildman–Crippen LogP) is 2.35. The molecule has 15 heavy (non-hydrogen) atoms. The van der Waals surface area contributed by atoms with Crippen LogP contribution in [0.3, 0.4) is 0 Å². The fourth-order valence-corrected chi connectivity index (χ4v) is 2.09. The van der Waals surface area contributed by atoms with Gasteiger partial charge in [-0.1, -0.05) is 18.0 Å². The van der Waals surface area contributed by atoms with Crippen LogP contribution in [-0.4, -0.2) is 11.2 Å². The molecule has 2 rings (SSSR count). The van der Waals surface area contributed by atoms with Crippen LogP contribution in [0.2, 0.25) is 0 Å². The Labute approximate surface area is 91.0 Å². The first-order valence-electron chi connectivity index (χ1n) is 5.84. The van der Waals surface area contributed by atoms with Gasteiger partial charge in [-0.05, 0) is 39.0 Å². The Morgan fingerprint density at radius 2 is 2.20 bits per heavy atom. The number of rotatable bonds is 5. The van der Waals surface area contributed by atoms with Gasteiger partial charge in [0.2, 0.25) is 0 Å². The highest BCUT2D eigenvalue weighted by atomic mass is 16.5. The molecule has 0 bridgehead atoms. The zero-order valence-electron chi connectivity index (χ0n) is 9.62. The second-order valence-electron chi connectivity index (χ2n) is 4.78. The minimum absolute atomic E-state index is 0.353. The molecule has 1 fully saturated rings. The van der Waals surface area contributed by atoms with Gasteiger partial charge >= 0.3 is 0 Å². The van der Waals surface area contributed by atoms with Gasteiger partial charge in [0, 0.05) is 11.6 Å². The fraction of sp³-hybridized carbons (Fsp3) is 0.750. The fourth-order valence-electron chi connectivity index (χ4n) is 2.09. The zero-order chi connectivity index (χ0) is 10.8. The summed E-state index contributed by atoms with van der Waals surface area (Å²) in [5.41, 5.74) is 8.35. The molecular formula is C12H20N2O. The number of hydrogen-bond acceptors (Lipinski definition) is 3. The largest absolute Gasteiger partial charge is 0.361 e. The summed E-state index contributed by atoms with van der Waals surface area (Å²) in [5.74, 6) is 1.87. The minimum atomic E-state index is 0.353. The van der Waals surface area contributed by atoms with E-state index in [4.69, 9.17) is 10.3 Å². The van der Waals surface area contributed by atoms with E-state index in [0.29, 0.717) is 6.04 Å². The SMILES string of the molecule is Cc1noc(C)c1CCC(N)CC1CC1. The van der Waals surface area contributed by atoms with Gasteiger partial charge in [0.15, 0.2) is 0 Å². The second-order valence-corrected chi connectivity index (χ2v) is 4.78. The van der Waals surface area contributed by atoms with E-state index in [-0.39, 0.29) is 0 Å². The van der Waals surface area contributed by atoms with Gasteiger partial charge in [-0.3, -0.25) is 0 Å². The molecular weight excluding hydrogens is 188 g/mol. The molecule has 1 aliphatic carbocycles. The van der Waals surface area contributed by atoms with Crippen molar-refractivity contribution >= 4 is 0 Å². The Morgan fingerprint density at radius 1 is 1.47 bits per heavy atom. The van der Waals surface area contributed by atoms with E-state index in [9.17, 15) is 0 Å². The van der Waals surface area contributed by atoms with Crippen LogP contribution in [0.25, 0.3) is 0 Å². The molecule has 1 aliphatic rings. The van der Waals surface area contributed by atoms with E-state index in [1.165, 1.54) is 24.8 Å². The molecule has 0 spiro atoms. The van der Waals surface area contributed by atoms with Crippen molar-refractivity contribution in [2.24, 2.45) is 11.7 Å². The highest BCUT2D eigenvalue weighted by molar-refractivity contribution is 5.20. The van der Waals surface area contributed by atoms with Gasteiger partial charge in [0.1, 0.15) is 5.76 Å². The third-order valence-corrected chi connectivity index (χ3v) is 3.28. The lowest BCUT2D eigenvalue weighted by Crippen LogP contribution is -2.21. The molecule has 1 atom stereocenters. The summed E-state index contributed by atoms with van der Waals surface area (Å²) < 4.78 is 5.13. The van der Waals surface area contributed by atoms with E-state index in [1.807, 2.05) is 13.8 Å². The highest BCUT2D eigenvalue weighted by Crippen LogP contribution is 2.33. The molecule has 0 radical (unpaired) electrons. The first-order valence-corrected chi connectivity index (χ1v) is 5.84. The molecule has 84 valence electrons. The lowest BCUT2D eigenvalue weighted by atomic mass is 10.0. The minimum Gasteiger partial charge on any atom is -0.361 e. The van der Waals surface area contributed by atoms with E-state index in [1.54, 1.807) is 0 Å². The first-order chi connectivity index (χ1) is 7.16. The molecule has 2 N–H and O–H groups in total. The van der Waals surface area contributed by atoms with Crippen LogP contribution >= 0.6 is 0 Å². The second kappa shape index (κ2) is 4.35. The summed E-state index contributed by atoms with van der Waals surface area (Å²) in [6, 6.07) is 0.353. The quantitative estimate of drug-likeness (QED) is 0.808. The molecule has 1 aromatic heterocycles. The van der Waals surface area contributed by atoms with Crippen molar-refractivity contribution in [3.63, 3.8) is 0 Å². The Bertz CT molecular complexity index is 309. The van der Waals surface area contributed by atoms with Crippen molar-refractivity contribution in [1.29, 1.82) is 0 Å². The Balaban J connectivity index is 1.81. The van der Waals surface area contributed by atoms with Gasteiger partial charge in [-0.25, -0.2) is 0 Å². The van der Waals surface area contributed by atoms with Crippen LogP contribution in [0.15, 0.2) is 4.52 Å². The summed E-state index contributed by atoms with van der Waals surface area (Å²) >= 11 is 0. The molecule has 3 heteroatoms. The van der Waals surface area contributed by atoms with E-state index >= 15 is 0 Å². The monoisotopic (exact) mass is 208 g/mol. The zero-order valence-corrected chi connectivity index (χ0v) is 9.62. The van der Waals surface area contributed by atoms with Crippen molar-refractivity contribution < 1.29 is 4.52 Å². The molecule has 3 nitrogen and oxygen atoms in total. The lowest BCUT2D eigenvalue weighted by Gasteiger charge is -2.09. The molecule has 1 aromatic rings. The van der Waals surface area contributed by atoms with Gasteiger partial charge in [-0.15, -0.1) is 0 Å². The van der Waals surface area contributed by atoms with Crippen LogP contribution < -0.4 is 5.73 Å². The summed E-state index contributed by atoms with van der Waals surface area (Å²) in [7, 11) is 0. The Kier molecular flexibility index (Phi) is 3.10. The number of hydrogen-bond donors (Lipinski definition) is 1. The lowest BCUT2D eigenvalue weighted by molar-refractivity contribution is 0.392. The summed E-state index contributed by atoms with van der Waals surface area (Å²) in [4.78, 5) is 0. The summed E-state index contributed by atoms with van der Waals surface area (Å²) in [6.45, 7) is 3.97. The number of nitrogens with two attached hydrogens (primary N) is 1. The van der Waals surface area contributed by atoms with Crippen LogP contribution in [0, 0.1) is 19.8 Å². The topological polar surface area (TPSA) is 52.0 Å². The van der Waals surface area contributed by atoms with E-state index < -0.39 is 0 Å². The maximum atomic E-state index is 6.08. The molecule has 0 aromatic carbocycles. The van der Waals surface area contributed by atoms with Gasteiger partial charge < -0.3 is 10.3 Å². The molecule has 0 amide bonds. The molecule has 0 saturated heterocycles. The highest BCUT2D eigenvalue weighted by Gasteiger charge is 2.23. The predicted molar refractivity (Wildman–Crippen MR) is 59.6 cm³/mol. The Hall–Kier alpha value is -0.830. The third kappa shape index (κ3) is 2.81. The average Bonchev–Trinajstić information content (AvgIpc) is 2.93. The molecule has 0 aliphatic heterocycles. The smallest absolute Gasteiger partial charge is 0.137 e. The molecule has 1 heterocycles. The Morgan fingerprint density at radius 3 is 2.73 bits per heavy atom. The maximum absolute atomic E-state index is 6.08. The first kappa shape index (κ1) is 10.7. The van der Waals surface area contributed by atoms with Gasteiger partial charge in [0.05, 0.1) is 5.69 Å². The van der Waals surface area contributed by atoms with Crippen molar-refractivity contribution in [1.82, 2.24) is 5.16 Å². The summed E-state index contributed by atoms with van der Waals surface area (Å²) in [6.07, 6.45) is 6.04.